The number of pyridine rings is 1. The molecule has 198 valence electrons. The Hall–Kier alpha value is -3.95. The summed E-state index contributed by atoms with van der Waals surface area (Å²) in [4.78, 5) is 35.0. The molecule has 1 atom stereocenters. The molecule has 1 saturated heterocycles. The normalized spacial score (nSPS) is 18.6. The summed E-state index contributed by atoms with van der Waals surface area (Å²) in [5.74, 6) is 2.31. The molecule has 1 N–H and O–H groups in total. The summed E-state index contributed by atoms with van der Waals surface area (Å²) in [5.41, 5.74) is 3.17. The molecule has 5 heterocycles. The maximum absolute atomic E-state index is 13.4. The van der Waals surface area contributed by atoms with E-state index in [4.69, 9.17) is 4.74 Å². The van der Waals surface area contributed by atoms with Gasteiger partial charge >= 0.3 is 6.03 Å². The van der Waals surface area contributed by atoms with Crippen molar-refractivity contribution >= 4 is 17.8 Å². The number of nitrogens with zero attached hydrogens (tertiary/aromatic N) is 6. The van der Waals surface area contributed by atoms with E-state index < -0.39 is 0 Å². The van der Waals surface area contributed by atoms with E-state index in [9.17, 15) is 9.59 Å². The molecule has 10 nitrogen and oxygen atoms in total. The minimum Gasteiger partial charge on any atom is -0.496 e. The number of urea groups is 1. The summed E-state index contributed by atoms with van der Waals surface area (Å²) in [6.07, 6.45) is 5.98. The Morgan fingerprint density at radius 3 is 2.66 bits per heavy atom. The second-order valence-electron chi connectivity index (χ2n) is 10.4. The summed E-state index contributed by atoms with van der Waals surface area (Å²) in [6.45, 7) is 4.94. The van der Waals surface area contributed by atoms with Crippen LogP contribution >= 0.6 is 0 Å². The van der Waals surface area contributed by atoms with Crippen molar-refractivity contribution in [3.05, 3.63) is 52.8 Å². The maximum Gasteiger partial charge on any atom is 0.320 e. The lowest BCUT2D eigenvalue weighted by Gasteiger charge is -2.36. The number of anilines is 1. The average Bonchev–Trinajstić information content (AvgIpc) is 3.55. The zero-order valence-electron chi connectivity index (χ0n) is 21.9. The third kappa shape index (κ3) is 4.48. The number of rotatable bonds is 4. The van der Waals surface area contributed by atoms with Crippen LogP contribution in [0.4, 0.5) is 10.6 Å². The highest BCUT2D eigenvalue weighted by Crippen LogP contribution is 2.31. The number of aromatic nitrogens is 4. The fourth-order valence-corrected chi connectivity index (χ4v) is 5.79. The molecule has 3 aliphatic rings. The molecule has 0 radical (unpaired) electrons. The minimum absolute atomic E-state index is 0.0902. The van der Waals surface area contributed by atoms with Crippen LogP contribution in [0.15, 0.2) is 30.3 Å². The van der Waals surface area contributed by atoms with Crippen LogP contribution < -0.4 is 10.1 Å². The number of carbonyl (C=O) groups is 2. The second-order valence-corrected chi connectivity index (χ2v) is 10.4. The quantitative estimate of drug-likeness (QED) is 0.562. The molecule has 3 amide bonds. The number of amides is 3. The lowest BCUT2D eigenvalue weighted by atomic mass is 9.96. The number of carbonyl (C=O) groups excluding carboxylic acids is 2. The monoisotopic (exact) mass is 515 g/mol. The minimum atomic E-state index is -0.311. The van der Waals surface area contributed by atoms with Crippen molar-refractivity contribution in [1.29, 1.82) is 0 Å². The van der Waals surface area contributed by atoms with Gasteiger partial charge in [-0.15, -0.1) is 10.2 Å². The van der Waals surface area contributed by atoms with Gasteiger partial charge < -0.3 is 24.4 Å². The Bertz CT molecular complexity index is 1380. The number of aryl methyl sites for hydroxylation is 1. The van der Waals surface area contributed by atoms with Gasteiger partial charge in [-0.1, -0.05) is 6.07 Å². The molecule has 6 rings (SSSR count). The van der Waals surface area contributed by atoms with Gasteiger partial charge in [-0.25, -0.2) is 9.78 Å². The molecule has 1 fully saturated rings. The zero-order valence-corrected chi connectivity index (χ0v) is 21.9. The van der Waals surface area contributed by atoms with Gasteiger partial charge in [-0.05, 0) is 74.4 Å². The number of hydrogen-bond acceptors (Lipinski definition) is 6. The Kier molecular flexibility index (Phi) is 6.47. The molecule has 0 spiro atoms. The first-order valence-electron chi connectivity index (χ1n) is 13.5. The second kappa shape index (κ2) is 10.1. The summed E-state index contributed by atoms with van der Waals surface area (Å²) in [7, 11) is 1.57. The van der Waals surface area contributed by atoms with Gasteiger partial charge in [0.25, 0.3) is 5.91 Å². The first-order valence-corrected chi connectivity index (χ1v) is 13.5. The molecule has 1 aromatic carbocycles. The number of hydrogen-bond donors (Lipinski definition) is 1. The Morgan fingerprint density at radius 2 is 1.84 bits per heavy atom. The van der Waals surface area contributed by atoms with Gasteiger partial charge in [0.1, 0.15) is 23.1 Å². The van der Waals surface area contributed by atoms with E-state index in [0.29, 0.717) is 47.8 Å². The van der Waals surface area contributed by atoms with Gasteiger partial charge in [-0.2, -0.15) is 0 Å². The molecular weight excluding hydrogens is 482 g/mol. The molecule has 2 aromatic heterocycles. The van der Waals surface area contributed by atoms with E-state index in [1.807, 2.05) is 34.1 Å². The predicted molar refractivity (Wildman–Crippen MR) is 142 cm³/mol. The molecule has 0 aliphatic carbocycles. The van der Waals surface area contributed by atoms with Crippen LogP contribution in [-0.2, 0) is 19.4 Å². The smallest absolute Gasteiger partial charge is 0.320 e. The third-order valence-electron chi connectivity index (χ3n) is 7.89. The predicted octanol–water partition coefficient (Wildman–Crippen LogP) is 4.07. The van der Waals surface area contributed by atoms with Crippen molar-refractivity contribution in [3.8, 4) is 17.3 Å². The maximum atomic E-state index is 13.4. The summed E-state index contributed by atoms with van der Waals surface area (Å²) in [5, 5.41) is 11.6. The highest BCUT2D eigenvalue weighted by atomic mass is 16.5. The van der Waals surface area contributed by atoms with Gasteiger partial charge in [0.2, 0.25) is 0 Å². The van der Waals surface area contributed by atoms with Gasteiger partial charge in [-0.3, -0.25) is 4.79 Å². The first-order chi connectivity index (χ1) is 18.5. The van der Waals surface area contributed by atoms with Crippen LogP contribution in [0, 0.1) is 0 Å². The fraction of sp³-hybridized carbons (Fsp3) is 0.464. The number of nitrogens with one attached hydrogen (secondary N) is 1. The summed E-state index contributed by atoms with van der Waals surface area (Å²) < 4.78 is 7.72. The van der Waals surface area contributed by atoms with Gasteiger partial charge in [0.15, 0.2) is 5.82 Å². The number of fused-ring (bicyclic) bond motifs is 2. The number of ether oxygens (including phenoxy) is 1. The van der Waals surface area contributed by atoms with Crippen LogP contribution in [0.1, 0.15) is 66.0 Å². The van der Waals surface area contributed by atoms with Crippen molar-refractivity contribution in [2.45, 2.75) is 58.0 Å². The van der Waals surface area contributed by atoms with E-state index in [1.54, 1.807) is 13.2 Å². The molecule has 3 aromatic rings. The van der Waals surface area contributed by atoms with E-state index in [1.165, 1.54) is 6.42 Å². The van der Waals surface area contributed by atoms with Crippen LogP contribution in [0.2, 0.25) is 0 Å². The van der Waals surface area contributed by atoms with E-state index in [-0.39, 0.29) is 11.9 Å². The van der Waals surface area contributed by atoms with Crippen LogP contribution in [0.3, 0.4) is 0 Å². The lowest BCUT2D eigenvalue weighted by molar-refractivity contribution is 0.102. The average molecular weight is 516 g/mol. The summed E-state index contributed by atoms with van der Waals surface area (Å²) in [6, 6.07) is 9.69. The fourth-order valence-electron chi connectivity index (χ4n) is 5.79. The number of likely N-dealkylation sites (tertiary alicyclic amines) is 1. The molecule has 0 unspecified atom stereocenters. The van der Waals surface area contributed by atoms with Crippen molar-refractivity contribution in [2.24, 2.45) is 0 Å². The van der Waals surface area contributed by atoms with E-state index in [2.05, 4.69) is 32.0 Å². The highest BCUT2D eigenvalue weighted by Gasteiger charge is 2.28. The third-order valence-corrected chi connectivity index (χ3v) is 7.89. The first kappa shape index (κ1) is 24.4. The van der Waals surface area contributed by atoms with Crippen LogP contribution in [-0.4, -0.2) is 68.2 Å². The lowest BCUT2D eigenvalue weighted by Crippen LogP contribution is -2.47. The molecule has 3 aliphatic heterocycles. The van der Waals surface area contributed by atoms with Crippen LogP contribution in [0.25, 0.3) is 11.5 Å². The number of benzene rings is 1. The molecule has 0 bridgehead atoms. The van der Waals surface area contributed by atoms with Crippen molar-refractivity contribution in [1.82, 2.24) is 29.5 Å². The SMILES string of the molecule is COc1cc2c(cc1C(=O)Nc1cccc(-c3nnc4n3[C@@H](C)CC4)n1)CN(C(=O)N1CCCCC1)CC2. The standard InChI is InChI=1S/C28H33N7O3/c1-18-9-10-25-31-32-26(35(18)25)22-7-6-8-24(29-22)30-27(36)21-15-20-17-34(14-11-19(20)16-23(21)38-2)28(37)33-12-4-3-5-13-33/h6-8,15-16,18H,3-5,9-14,17H2,1-2H3,(H,29,30,36)/t18-/m0/s1. The molecule has 10 heteroatoms. The zero-order chi connectivity index (χ0) is 26.2. The summed E-state index contributed by atoms with van der Waals surface area (Å²) >= 11 is 0. The van der Waals surface area contributed by atoms with Crippen molar-refractivity contribution < 1.29 is 14.3 Å². The Morgan fingerprint density at radius 1 is 1.00 bits per heavy atom. The Balaban J connectivity index is 1.22. The van der Waals surface area contributed by atoms with E-state index >= 15 is 0 Å². The topological polar surface area (TPSA) is 105 Å². The highest BCUT2D eigenvalue weighted by molar-refractivity contribution is 6.06. The molecular formula is C28H33N7O3. The van der Waals surface area contributed by atoms with Crippen LogP contribution in [0.5, 0.6) is 5.75 Å². The van der Waals surface area contributed by atoms with Gasteiger partial charge in [0.05, 0.1) is 12.7 Å². The molecule has 0 saturated carbocycles. The van der Waals surface area contributed by atoms with Crippen molar-refractivity contribution in [2.75, 3.05) is 32.1 Å². The Labute approximate surface area is 222 Å². The number of methoxy groups -OCH3 is 1. The molecule has 38 heavy (non-hydrogen) atoms. The van der Waals surface area contributed by atoms with Crippen molar-refractivity contribution in [3.63, 3.8) is 0 Å². The number of piperidine rings is 1. The van der Waals surface area contributed by atoms with Gasteiger partial charge in [0, 0.05) is 38.6 Å². The largest absolute Gasteiger partial charge is 0.496 e. The van der Waals surface area contributed by atoms with E-state index in [0.717, 1.165) is 62.1 Å².